The molecule has 0 aliphatic carbocycles. The van der Waals surface area contributed by atoms with Crippen LogP contribution in [0.25, 0.3) is 0 Å². The second-order valence-corrected chi connectivity index (χ2v) is 4.63. The second-order valence-electron chi connectivity index (χ2n) is 4.63. The fraction of sp³-hybridized carbons (Fsp3) is 0.533. The van der Waals surface area contributed by atoms with Crippen LogP contribution in [0.5, 0.6) is 5.75 Å². The van der Waals surface area contributed by atoms with E-state index in [1.54, 1.807) is 0 Å². The SMILES string of the molecule is CCCC(N)C(=O)NC(C)c1cccc(OCC)c1.Cl. The molecule has 0 aliphatic rings. The molecule has 4 nitrogen and oxygen atoms in total. The second kappa shape index (κ2) is 9.61. The molecule has 3 N–H and O–H groups in total. The van der Waals surface area contributed by atoms with Crippen molar-refractivity contribution in [1.29, 1.82) is 0 Å². The third-order valence-corrected chi connectivity index (χ3v) is 2.96. The van der Waals surface area contributed by atoms with Crippen LogP contribution in [-0.2, 0) is 4.79 Å². The van der Waals surface area contributed by atoms with Crippen molar-refractivity contribution in [2.75, 3.05) is 6.61 Å². The molecule has 5 heteroatoms. The Morgan fingerprint density at radius 2 is 2.10 bits per heavy atom. The van der Waals surface area contributed by atoms with Crippen LogP contribution >= 0.6 is 12.4 Å². The van der Waals surface area contributed by atoms with Crippen LogP contribution in [0.3, 0.4) is 0 Å². The van der Waals surface area contributed by atoms with E-state index < -0.39 is 6.04 Å². The highest BCUT2D eigenvalue weighted by atomic mass is 35.5. The van der Waals surface area contributed by atoms with Gasteiger partial charge in [-0.1, -0.05) is 25.5 Å². The number of benzene rings is 1. The molecule has 0 bridgehead atoms. The van der Waals surface area contributed by atoms with Crippen molar-refractivity contribution in [2.24, 2.45) is 5.73 Å². The average molecular weight is 301 g/mol. The summed E-state index contributed by atoms with van der Waals surface area (Å²) in [6.07, 6.45) is 1.61. The van der Waals surface area contributed by atoms with Gasteiger partial charge in [0, 0.05) is 0 Å². The third-order valence-electron chi connectivity index (χ3n) is 2.96. The van der Waals surface area contributed by atoms with Crippen molar-refractivity contribution in [3.63, 3.8) is 0 Å². The predicted octanol–water partition coefficient (Wildman–Crippen LogP) is 2.81. The summed E-state index contributed by atoms with van der Waals surface area (Å²) in [7, 11) is 0. The molecule has 0 fully saturated rings. The summed E-state index contributed by atoms with van der Waals surface area (Å²) in [4.78, 5) is 11.9. The Morgan fingerprint density at radius 1 is 1.40 bits per heavy atom. The van der Waals surface area contributed by atoms with Gasteiger partial charge in [0.25, 0.3) is 0 Å². The van der Waals surface area contributed by atoms with Gasteiger partial charge in [0.2, 0.25) is 5.91 Å². The number of nitrogens with one attached hydrogen (secondary N) is 1. The summed E-state index contributed by atoms with van der Waals surface area (Å²) in [5.74, 6) is 0.718. The maximum atomic E-state index is 11.9. The normalized spacial score (nSPS) is 13.0. The number of nitrogens with two attached hydrogens (primary N) is 1. The van der Waals surface area contributed by atoms with E-state index in [9.17, 15) is 4.79 Å². The van der Waals surface area contributed by atoms with Gasteiger partial charge in [0.15, 0.2) is 0 Å². The smallest absolute Gasteiger partial charge is 0.237 e. The number of hydrogen-bond acceptors (Lipinski definition) is 3. The van der Waals surface area contributed by atoms with Gasteiger partial charge < -0.3 is 15.8 Å². The highest BCUT2D eigenvalue weighted by molar-refractivity contribution is 5.85. The highest BCUT2D eigenvalue weighted by Gasteiger charge is 2.15. The van der Waals surface area contributed by atoms with E-state index in [1.807, 2.05) is 45.0 Å². The zero-order valence-corrected chi connectivity index (χ0v) is 13.2. The fourth-order valence-electron chi connectivity index (χ4n) is 1.89. The fourth-order valence-corrected chi connectivity index (χ4v) is 1.89. The number of ether oxygens (including phenoxy) is 1. The van der Waals surface area contributed by atoms with E-state index in [4.69, 9.17) is 10.5 Å². The van der Waals surface area contributed by atoms with Gasteiger partial charge in [-0.25, -0.2) is 0 Å². The zero-order valence-electron chi connectivity index (χ0n) is 12.4. The van der Waals surface area contributed by atoms with Crippen LogP contribution in [0.15, 0.2) is 24.3 Å². The zero-order chi connectivity index (χ0) is 14.3. The maximum Gasteiger partial charge on any atom is 0.237 e. The maximum absolute atomic E-state index is 11.9. The van der Waals surface area contributed by atoms with Crippen molar-refractivity contribution < 1.29 is 9.53 Å². The lowest BCUT2D eigenvalue weighted by atomic mass is 10.1. The summed E-state index contributed by atoms with van der Waals surface area (Å²) >= 11 is 0. The standard InChI is InChI=1S/C15H24N2O2.ClH/c1-4-7-14(16)15(18)17-11(3)12-8-6-9-13(10-12)19-5-2;/h6,8-11,14H,4-5,7,16H2,1-3H3,(H,17,18);1H. The third kappa shape index (κ3) is 5.80. The number of hydrogen-bond donors (Lipinski definition) is 2. The molecule has 0 aromatic heterocycles. The Morgan fingerprint density at radius 3 is 2.70 bits per heavy atom. The number of carbonyl (C=O) groups excluding carboxylic acids is 1. The van der Waals surface area contributed by atoms with Crippen LogP contribution < -0.4 is 15.8 Å². The molecule has 0 spiro atoms. The first kappa shape index (κ1) is 18.7. The monoisotopic (exact) mass is 300 g/mol. The predicted molar refractivity (Wildman–Crippen MR) is 84.3 cm³/mol. The summed E-state index contributed by atoms with van der Waals surface area (Å²) < 4.78 is 5.45. The van der Waals surface area contributed by atoms with Crippen LogP contribution in [0, 0.1) is 0 Å². The molecule has 0 aliphatic heterocycles. The number of rotatable bonds is 7. The Balaban J connectivity index is 0.00000361. The van der Waals surface area contributed by atoms with Crippen LogP contribution in [0.1, 0.15) is 45.2 Å². The van der Waals surface area contributed by atoms with Crippen LogP contribution in [0.4, 0.5) is 0 Å². The summed E-state index contributed by atoms with van der Waals surface area (Å²) in [6, 6.07) is 7.25. The number of amides is 1. The number of carbonyl (C=O) groups is 1. The topological polar surface area (TPSA) is 64.4 Å². The highest BCUT2D eigenvalue weighted by Crippen LogP contribution is 2.19. The molecule has 0 heterocycles. The Labute approximate surface area is 127 Å². The quantitative estimate of drug-likeness (QED) is 0.814. The first-order chi connectivity index (χ1) is 9.08. The van der Waals surface area contributed by atoms with E-state index >= 15 is 0 Å². The van der Waals surface area contributed by atoms with Crippen LogP contribution in [0.2, 0.25) is 0 Å². The first-order valence-electron chi connectivity index (χ1n) is 6.87. The van der Waals surface area contributed by atoms with Crippen molar-refractivity contribution in [3.8, 4) is 5.75 Å². The molecule has 114 valence electrons. The van der Waals surface area contributed by atoms with E-state index in [-0.39, 0.29) is 24.4 Å². The minimum atomic E-state index is -0.428. The lowest BCUT2D eigenvalue weighted by molar-refractivity contribution is -0.123. The number of halogens is 1. The first-order valence-corrected chi connectivity index (χ1v) is 6.87. The molecular weight excluding hydrogens is 276 g/mol. The lowest BCUT2D eigenvalue weighted by Gasteiger charge is -2.18. The van der Waals surface area contributed by atoms with Gasteiger partial charge in [-0.3, -0.25) is 4.79 Å². The van der Waals surface area contributed by atoms with E-state index in [0.29, 0.717) is 13.0 Å². The molecule has 2 unspecified atom stereocenters. The lowest BCUT2D eigenvalue weighted by Crippen LogP contribution is -2.41. The molecule has 2 atom stereocenters. The summed E-state index contributed by atoms with van der Waals surface area (Å²) in [5, 5.41) is 2.93. The van der Waals surface area contributed by atoms with Gasteiger partial charge in [0.05, 0.1) is 18.7 Å². The molecule has 1 aromatic carbocycles. The van der Waals surface area contributed by atoms with Crippen molar-refractivity contribution in [2.45, 2.75) is 45.7 Å². The Bertz CT molecular complexity index is 413. The minimum absolute atomic E-state index is 0. The van der Waals surface area contributed by atoms with Crippen LogP contribution in [-0.4, -0.2) is 18.6 Å². The molecule has 0 saturated carbocycles. The van der Waals surface area contributed by atoms with E-state index in [1.165, 1.54) is 0 Å². The molecule has 0 radical (unpaired) electrons. The average Bonchev–Trinajstić information content (AvgIpc) is 2.39. The van der Waals surface area contributed by atoms with Gasteiger partial charge in [0.1, 0.15) is 5.75 Å². The summed E-state index contributed by atoms with van der Waals surface area (Å²) in [6.45, 7) is 6.54. The van der Waals surface area contributed by atoms with Gasteiger partial charge in [-0.2, -0.15) is 0 Å². The Kier molecular flexibility index (Phi) is 9.01. The molecular formula is C15H25ClN2O2. The van der Waals surface area contributed by atoms with E-state index in [0.717, 1.165) is 17.7 Å². The van der Waals surface area contributed by atoms with E-state index in [2.05, 4.69) is 5.32 Å². The molecule has 1 amide bonds. The molecule has 1 rings (SSSR count). The van der Waals surface area contributed by atoms with Crippen molar-refractivity contribution in [3.05, 3.63) is 29.8 Å². The molecule has 0 saturated heterocycles. The largest absolute Gasteiger partial charge is 0.494 e. The summed E-state index contributed by atoms with van der Waals surface area (Å²) in [5.41, 5.74) is 6.81. The van der Waals surface area contributed by atoms with Crippen molar-refractivity contribution in [1.82, 2.24) is 5.32 Å². The van der Waals surface area contributed by atoms with Gasteiger partial charge in [-0.05, 0) is 38.0 Å². The Hall–Kier alpha value is -1.26. The van der Waals surface area contributed by atoms with Gasteiger partial charge >= 0.3 is 0 Å². The minimum Gasteiger partial charge on any atom is -0.494 e. The molecule has 20 heavy (non-hydrogen) atoms. The molecule has 1 aromatic rings. The van der Waals surface area contributed by atoms with Gasteiger partial charge in [-0.15, -0.1) is 12.4 Å². The van der Waals surface area contributed by atoms with Crippen molar-refractivity contribution >= 4 is 18.3 Å².